The molecule has 2 amide bonds. The molecule has 0 rings (SSSR count). The third-order valence-electron chi connectivity index (χ3n) is 1.32. The quantitative estimate of drug-likeness (QED) is 0.598. The molecule has 0 aliphatic carbocycles. The predicted molar refractivity (Wildman–Crippen MR) is 39.6 cm³/mol. The normalized spacial score (nSPS) is 11.8. The Balaban J connectivity index is 4.46. The van der Waals surface area contributed by atoms with E-state index in [4.69, 9.17) is 15.3 Å². The molecule has 0 saturated heterocycles. The Labute approximate surface area is 73.2 Å². The lowest BCUT2D eigenvalue weighted by Gasteiger charge is -2.19. The van der Waals surface area contributed by atoms with Crippen molar-refractivity contribution in [3.63, 3.8) is 0 Å². The van der Waals surface area contributed by atoms with Crippen molar-refractivity contribution in [2.75, 3.05) is 0 Å². The predicted octanol–water partition coefficient (Wildman–Crippen LogP) is 0.508. The number of imide groups is 1. The number of nitrogens with zero attached hydrogens (tertiary/aromatic N) is 1. The lowest BCUT2D eigenvalue weighted by atomic mass is 10.2. The van der Waals surface area contributed by atoms with Gasteiger partial charge >= 0.3 is 18.2 Å². The van der Waals surface area contributed by atoms with Gasteiger partial charge in [0.2, 0.25) is 0 Å². The summed E-state index contributed by atoms with van der Waals surface area (Å²) in [7, 11) is 0. The standard InChI is InChI=1S/C6H9NO6/c1-3(2-4(8)9)7(5(10)11)6(12)13/h3H,2H2,1H3,(H,8,9)(H,10,11)(H,12,13)/t3-/m1/s1. The van der Waals surface area contributed by atoms with E-state index in [9.17, 15) is 14.4 Å². The molecular weight excluding hydrogens is 182 g/mol. The van der Waals surface area contributed by atoms with Gasteiger partial charge in [-0.15, -0.1) is 0 Å². The summed E-state index contributed by atoms with van der Waals surface area (Å²) in [5, 5.41) is 25.0. The molecule has 0 aliphatic rings. The fourth-order valence-electron chi connectivity index (χ4n) is 0.803. The SMILES string of the molecule is C[C@H](CC(=O)O)N(C(=O)O)C(=O)O. The van der Waals surface area contributed by atoms with Crippen LogP contribution in [0.25, 0.3) is 0 Å². The number of aliphatic carboxylic acids is 1. The Bertz CT molecular complexity index is 223. The first kappa shape index (κ1) is 11.2. The van der Waals surface area contributed by atoms with E-state index in [0.717, 1.165) is 0 Å². The maximum atomic E-state index is 10.3. The maximum absolute atomic E-state index is 10.3. The fraction of sp³-hybridized carbons (Fsp3) is 0.500. The highest BCUT2D eigenvalue weighted by atomic mass is 16.4. The molecule has 0 aromatic carbocycles. The molecule has 0 unspecified atom stereocenters. The van der Waals surface area contributed by atoms with E-state index in [-0.39, 0.29) is 4.90 Å². The Kier molecular flexibility index (Phi) is 3.70. The van der Waals surface area contributed by atoms with Crippen LogP contribution in [0.15, 0.2) is 0 Å². The summed E-state index contributed by atoms with van der Waals surface area (Å²) in [4.78, 5) is 30.8. The first-order valence-electron chi connectivity index (χ1n) is 3.33. The van der Waals surface area contributed by atoms with Crippen LogP contribution in [0.3, 0.4) is 0 Å². The topological polar surface area (TPSA) is 115 Å². The molecule has 7 nitrogen and oxygen atoms in total. The lowest BCUT2D eigenvalue weighted by molar-refractivity contribution is -0.137. The van der Waals surface area contributed by atoms with E-state index >= 15 is 0 Å². The van der Waals surface area contributed by atoms with E-state index in [1.54, 1.807) is 0 Å². The lowest BCUT2D eigenvalue weighted by Crippen LogP contribution is -2.42. The van der Waals surface area contributed by atoms with Crippen LogP contribution in [0.4, 0.5) is 9.59 Å². The first-order chi connectivity index (χ1) is 5.86. The Morgan fingerprint density at radius 1 is 1.15 bits per heavy atom. The van der Waals surface area contributed by atoms with Gasteiger partial charge in [0.1, 0.15) is 0 Å². The van der Waals surface area contributed by atoms with Gasteiger partial charge in [-0.2, -0.15) is 0 Å². The number of hydrogen-bond donors (Lipinski definition) is 3. The van der Waals surface area contributed by atoms with Crippen LogP contribution in [-0.4, -0.2) is 44.4 Å². The second-order valence-electron chi connectivity index (χ2n) is 2.38. The molecule has 0 spiro atoms. The van der Waals surface area contributed by atoms with Gasteiger partial charge in [0, 0.05) is 0 Å². The van der Waals surface area contributed by atoms with Gasteiger partial charge in [-0.25, -0.2) is 14.5 Å². The number of carboxylic acids is 1. The van der Waals surface area contributed by atoms with Crippen LogP contribution in [0.1, 0.15) is 13.3 Å². The van der Waals surface area contributed by atoms with Crippen molar-refractivity contribution in [3.05, 3.63) is 0 Å². The summed E-state index contributed by atoms with van der Waals surface area (Å²) in [6, 6.07) is -1.09. The molecule has 7 heteroatoms. The van der Waals surface area contributed by atoms with E-state index in [1.807, 2.05) is 0 Å². The van der Waals surface area contributed by atoms with Crippen molar-refractivity contribution >= 4 is 18.2 Å². The summed E-state index contributed by atoms with van der Waals surface area (Å²) in [5.74, 6) is -1.25. The molecule has 0 aromatic heterocycles. The molecule has 0 aromatic rings. The fourth-order valence-corrected chi connectivity index (χ4v) is 0.803. The van der Waals surface area contributed by atoms with Crippen molar-refractivity contribution in [1.29, 1.82) is 0 Å². The first-order valence-corrected chi connectivity index (χ1v) is 3.33. The average molecular weight is 191 g/mol. The average Bonchev–Trinajstić information content (AvgIpc) is 1.81. The number of hydrogen-bond acceptors (Lipinski definition) is 3. The van der Waals surface area contributed by atoms with E-state index in [2.05, 4.69) is 0 Å². The van der Waals surface area contributed by atoms with Gasteiger partial charge in [0.25, 0.3) is 0 Å². The summed E-state index contributed by atoms with van der Waals surface area (Å²) in [6.07, 6.45) is -3.90. The molecule has 0 radical (unpaired) electrons. The van der Waals surface area contributed by atoms with Gasteiger partial charge in [-0.05, 0) is 6.92 Å². The maximum Gasteiger partial charge on any atom is 0.417 e. The zero-order valence-electron chi connectivity index (χ0n) is 6.80. The number of amides is 2. The van der Waals surface area contributed by atoms with Crippen molar-refractivity contribution < 1.29 is 29.7 Å². The molecule has 0 heterocycles. The second-order valence-corrected chi connectivity index (χ2v) is 2.38. The van der Waals surface area contributed by atoms with Crippen LogP contribution in [-0.2, 0) is 4.79 Å². The molecule has 1 atom stereocenters. The van der Waals surface area contributed by atoms with Crippen LogP contribution < -0.4 is 0 Å². The van der Waals surface area contributed by atoms with Gasteiger partial charge in [0.15, 0.2) is 0 Å². The number of carboxylic acid groups (broad SMARTS) is 3. The van der Waals surface area contributed by atoms with Crippen LogP contribution >= 0.6 is 0 Å². The highest BCUT2D eigenvalue weighted by molar-refractivity contribution is 5.86. The van der Waals surface area contributed by atoms with Crippen molar-refractivity contribution in [3.8, 4) is 0 Å². The molecule has 13 heavy (non-hydrogen) atoms. The second kappa shape index (κ2) is 4.29. The zero-order valence-corrected chi connectivity index (χ0v) is 6.80. The van der Waals surface area contributed by atoms with Gasteiger partial charge < -0.3 is 15.3 Å². The molecular formula is C6H9NO6. The van der Waals surface area contributed by atoms with Crippen LogP contribution in [0.5, 0.6) is 0 Å². The van der Waals surface area contributed by atoms with Crippen molar-refractivity contribution in [2.24, 2.45) is 0 Å². The zero-order chi connectivity index (χ0) is 10.6. The third-order valence-corrected chi connectivity index (χ3v) is 1.32. The smallest absolute Gasteiger partial charge is 0.417 e. The highest BCUT2D eigenvalue weighted by Gasteiger charge is 2.27. The third kappa shape index (κ3) is 3.41. The molecule has 74 valence electrons. The van der Waals surface area contributed by atoms with Crippen molar-refractivity contribution in [2.45, 2.75) is 19.4 Å². The van der Waals surface area contributed by atoms with Gasteiger partial charge in [0.05, 0.1) is 12.5 Å². The minimum Gasteiger partial charge on any atom is -0.481 e. The minimum atomic E-state index is -1.68. The highest BCUT2D eigenvalue weighted by Crippen LogP contribution is 2.04. The number of rotatable bonds is 3. The van der Waals surface area contributed by atoms with Crippen LogP contribution in [0, 0.1) is 0 Å². The van der Waals surface area contributed by atoms with E-state index in [0.29, 0.717) is 0 Å². The van der Waals surface area contributed by atoms with E-state index < -0.39 is 30.6 Å². The summed E-state index contributed by atoms with van der Waals surface area (Å²) < 4.78 is 0. The minimum absolute atomic E-state index is 0.0497. The van der Waals surface area contributed by atoms with Crippen LogP contribution in [0.2, 0.25) is 0 Å². The summed E-state index contributed by atoms with van der Waals surface area (Å²) in [6.45, 7) is 1.20. The van der Waals surface area contributed by atoms with Crippen molar-refractivity contribution in [1.82, 2.24) is 4.90 Å². The molecule has 0 saturated carbocycles. The molecule has 0 fully saturated rings. The molecule has 0 aliphatic heterocycles. The summed E-state index contributed by atoms with van der Waals surface area (Å²) >= 11 is 0. The molecule has 0 bridgehead atoms. The Morgan fingerprint density at radius 2 is 1.54 bits per heavy atom. The Hall–Kier alpha value is -1.79. The molecule has 3 N–H and O–H groups in total. The van der Waals surface area contributed by atoms with Gasteiger partial charge in [-0.1, -0.05) is 0 Å². The monoisotopic (exact) mass is 191 g/mol. The van der Waals surface area contributed by atoms with Gasteiger partial charge in [-0.3, -0.25) is 4.79 Å². The number of carbonyl (C=O) groups is 3. The van der Waals surface area contributed by atoms with E-state index in [1.165, 1.54) is 6.92 Å². The Morgan fingerprint density at radius 3 is 1.77 bits per heavy atom. The summed E-state index contributed by atoms with van der Waals surface area (Å²) in [5.41, 5.74) is 0. The largest absolute Gasteiger partial charge is 0.481 e.